The van der Waals surface area contributed by atoms with Crippen LogP contribution in [0.5, 0.6) is 5.75 Å². The van der Waals surface area contributed by atoms with Crippen LogP contribution in [0.4, 0.5) is 17.6 Å². The van der Waals surface area contributed by atoms with E-state index in [0.29, 0.717) is 33.5 Å². The Hall–Kier alpha value is -5.23. The Bertz CT molecular complexity index is 1760. The van der Waals surface area contributed by atoms with Crippen LogP contribution in [0.15, 0.2) is 84.9 Å². The highest BCUT2D eigenvalue weighted by Crippen LogP contribution is 2.42. The Morgan fingerprint density at radius 1 is 0.896 bits per heavy atom. The molecule has 8 nitrogen and oxygen atoms in total. The van der Waals surface area contributed by atoms with Crippen LogP contribution in [0.2, 0.25) is 0 Å². The van der Waals surface area contributed by atoms with Crippen LogP contribution in [0.3, 0.4) is 0 Å². The molecule has 0 aliphatic carbocycles. The maximum Gasteiger partial charge on any atom is 0.573 e. The van der Waals surface area contributed by atoms with Gasteiger partial charge in [0, 0.05) is 30.1 Å². The minimum atomic E-state index is -4.84. The maximum atomic E-state index is 14.1. The number of ketones is 1. The van der Waals surface area contributed by atoms with E-state index < -0.39 is 41.7 Å². The summed E-state index contributed by atoms with van der Waals surface area (Å²) in [5.74, 6) is -2.54. The molecule has 0 radical (unpaired) electrons. The van der Waals surface area contributed by atoms with Crippen molar-refractivity contribution in [1.29, 1.82) is 0 Å². The van der Waals surface area contributed by atoms with E-state index in [9.17, 15) is 37.1 Å². The number of rotatable bonds is 13. The van der Waals surface area contributed by atoms with E-state index in [-0.39, 0.29) is 31.1 Å². The van der Waals surface area contributed by atoms with Crippen molar-refractivity contribution >= 4 is 23.7 Å². The Balaban J connectivity index is 1.82. The number of nitrogens with zero attached hydrogens (tertiary/aromatic N) is 1. The molecule has 48 heavy (non-hydrogen) atoms. The van der Waals surface area contributed by atoms with Crippen LogP contribution >= 0.6 is 0 Å². The third-order valence-corrected chi connectivity index (χ3v) is 7.27. The quantitative estimate of drug-likeness (QED) is 0.0884. The summed E-state index contributed by atoms with van der Waals surface area (Å²) in [6.45, 7) is 3.66. The summed E-state index contributed by atoms with van der Waals surface area (Å²) >= 11 is 0. The average Bonchev–Trinajstić information content (AvgIpc) is 3.38. The third kappa shape index (κ3) is 9.19. The molecular weight excluding hydrogens is 632 g/mol. The first kappa shape index (κ1) is 35.6. The molecule has 1 atom stereocenters. The highest BCUT2D eigenvalue weighted by molar-refractivity contribution is 6.07. The number of amides is 1. The van der Waals surface area contributed by atoms with E-state index in [0.717, 1.165) is 12.1 Å². The summed E-state index contributed by atoms with van der Waals surface area (Å²) in [5.41, 5.74) is 3.44. The second kappa shape index (κ2) is 15.6. The molecule has 2 N–H and O–H groups in total. The molecule has 1 aromatic heterocycles. The number of aliphatic hydroxyl groups is 1. The van der Waals surface area contributed by atoms with Gasteiger partial charge in [0.25, 0.3) is 5.91 Å². The first-order valence-corrected chi connectivity index (χ1v) is 15.0. The van der Waals surface area contributed by atoms with Gasteiger partial charge in [0.15, 0.2) is 5.78 Å². The van der Waals surface area contributed by atoms with Crippen molar-refractivity contribution in [3.63, 3.8) is 0 Å². The Morgan fingerprint density at radius 3 is 2.10 bits per heavy atom. The van der Waals surface area contributed by atoms with Crippen LogP contribution in [-0.2, 0) is 20.9 Å². The molecule has 252 valence electrons. The minimum Gasteiger partial charge on any atom is -0.469 e. The van der Waals surface area contributed by atoms with Crippen molar-refractivity contribution in [2.45, 2.75) is 51.7 Å². The minimum absolute atomic E-state index is 0.0315. The van der Waals surface area contributed by atoms with Crippen LogP contribution in [0.1, 0.15) is 54.5 Å². The fraction of sp³-hybridized carbons (Fsp3) is 0.250. The molecule has 1 amide bonds. The summed E-state index contributed by atoms with van der Waals surface area (Å²) in [7, 11) is 1.18. The number of hydrogen-bond acceptors (Lipinski definition) is 6. The topological polar surface area (TPSA) is 107 Å². The van der Waals surface area contributed by atoms with Crippen LogP contribution in [0, 0.1) is 5.82 Å². The molecule has 0 aliphatic rings. The Kier molecular flexibility index (Phi) is 11.6. The summed E-state index contributed by atoms with van der Waals surface area (Å²) in [4.78, 5) is 38.6. The molecule has 3 aromatic carbocycles. The van der Waals surface area contributed by atoms with Crippen molar-refractivity contribution in [2.75, 3.05) is 7.11 Å². The zero-order valence-electron chi connectivity index (χ0n) is 26.4. The van der Waals surface area contributed by atoms with E-state index in [1.165, 1.54) is 43.5 Å². The Labute approximate surface area is 274 Å². The van der Waals surface area contributed by atoms with E-state index in [2.05, 4.69) is 14.8 Å². The van der Waals surface area contributed by atoms with Crippen molar-refractivity contribution in [1.82, 2.24) is 9.88 Å². The molecule has 4 rings (SSSR count). The summed E-state index contributed by atoms with van der Waals surface area (Å²) in [6, 6.07) is 19.5. The van der Waals surface area contributed by atoms with Crippen molar-refractivity contribution in [2.24, 2.45) is 0 Å². The zero-order valence-corrected chi connectivity index (χ0v) is 26.4. The number of alkyl halides is 3. The molecule has 4 aromatic rings. The predicted molar refractivity (Wildman–Crippen MR) is 171 cm³/mol. The molecular formula is C36H34F4N2O6. The Morgan fingerprint density at radius 2 is 1.52 bits per heavy atom. The van der Waals surface area contributed by atoms with Crippen LogP contribution in [0.25, 0.3) is 28.3 Å². The van der Waals surface area contributed by atoms with E-state index in [1.54, 1.807) is 28.8 Å². The van der Waals surface area contributed by atoms with E-state index in [4.69, 9.17) is 0 Å². The number of halogens is 4. The molecule has 0 bridgehead atoms. The van der Waals surface area contributed by atoms with Gasteiger partial charge in [-0.2, -0.15) is 0 Å². The molecule has 0 saturated carbocycles. The van der Waals surface area contributed by atoms with Crippen LogP contribution in [-0.4, -0.2) is 46.9 Å². The second-order valence-electron chi connectivity index (χ2n) is 11.1. The lowest BCUT2D eigenvalue weighted by atomic mass is 9.94. The molecule has 0 unspecified atom stereocenters. The lowest BCUT2D eigenvalue weighted by Crippen LogP contribution is -2.27. The lowest BCUT2D eigenvalue weighted by Gasteiger charge is -2.17. The fourth-order valence-electron chi connectivity index (χ4n) is 5.22. The number of ether oxygens (including phenoxy) is 2. The number of carbonyl (C=O) groups is 3. The highest BCUT2D eigenvalue weighted by atomic mass is 19.4. The van der Waals surface area contributed by atoms with Gasteiger partial charge in [-0.1, -0.05) is 54.6 Å². The highest BCUT2D eigenvalue weighted by Gasteiger charge is 2.31. The number of benzene rings is 3. The first-order chi connectivity index (χ1) is 22.8. The van der Waals surface area contributed by atoms with E-state index in [1.807, 2.05) is 32.0 Å². The molecule has 0 aliphatic heterocycles. The van der Waals surface area contributed by atoms with Gasteiger partial charge in [-0.25, -0.2) is 4.39 Å². The summed E-state index contributed by atoms with van der Waals surface area (Å²) in [5, 5.41) is 13.1. The number of hydrogen-bond donors (Lipinski definition) is 2. The van der Waals surface area contributed by atoms with Gasteiger partial charge in [0.05, 0.1) is 25.3 Å². The maximum absolute atomic E-state index is 14.1. The van der Waals surface area contributed by atoms with Gasteiger partial charge >= 0.3 is 12.3 Å². The summed E-state index contributed by atoms with van der Waals surface area (Å²) < 4.78 is 62.1. The normalized spacial score (nSPS) is 12.3. The number of allylic oxidation sites excluding steroid dienone is 1. The third-order valence-electron chi connectivity index (χ3n) is 7.27. The number of carbonyl (C=O) groups excluding carboxylic acids is 3. The number of nitrogens with one attached hydrogen (secondary N) is 1. The number of aromatic nitrogens is 1. The molecule has 12 heteroatoms. The standard InChI is InChI=1S/C36H34F4N2O6/c1-22(2)42-30(18-15-27(43)19-28(44)20-31(45)47-3)32(25-11-13-26(37)14-12-25)33(24-7-5-4-6-8-24)34(42)35(46)41-21-23-9-16-29(17-10-23)48-36(38,39)40/h4-18,22,28,44H,19-21H2,1-3H3,(H,41,46)/b18-15+/t28-/m1/s1. The van der Waals surface area contributed by atoms with Gasteiger partial charge in [-0.15, -0.1) is 13.2 Å². The lowest BCUT2D eigenvalue weighted by molar-refractivity contribution is -0.274. The molecule has 1 heterocycles. The fourth-order valence-corrected chi connectivity index (χ4v) is 5.22. The zero-order chi connectivity index (χ0) is 35.0. The SMILES string of the molecule is COC(=O)C[C@H](O)CC(=O)/C=C/c1c(-c2ccc(F)cc2)c(-c2ccccc2)c(C(=O)NCc2ccc(OC(F)(F)F)cc2)n1C(C)C. The van der Waals surface area contributed by atoms with Crippen molar-refractivity contribution in [3.8, 4) is 28.0 Å². The largest absolute Gasteiger partial charge is 0.573 e. The van der Waals surface area contributed by atoms with Crippen molar-refractivity contribution in [3.05, 3.63) is 108 Å². The van der Waals surface area contributed by atoms with Gasteiger partial charge in [-0.3, -0.25) is 14.4 Å². The van der Waals surface area contributed by atoms with Crippen molar-refractivity contribution < 1.29 is 46.5 Å². The molecule has 0 fully saturated rings. The van der Waals surface area contributed by atoms with E-state index >= 15 is 0 Å². The predicted octanol–water partition coefficient (Wildman–Crippen LogP) is 7.27. The smallest absolute Gasteiger partial charge is 0.469 e. The van der Waals surface area contributed by atoms with Gasteiger partial charge in [-0.05, 0) is 67.0 Å². The number of methoxy groups -OCH3 is 1. The van der Waals surface area contributed by atoms with Gasteiger partial charge in [0.2, 0.25) is 0 Å². The molecule has 0 saturated heterocycles. The summed E-state index contributed by atoms with van der Waals surface area (Å²) in [6.07, 6.45) is -4.05. The molecule has 0 spiro atoms. The number of aliphatic hydroxyl groups excluding tert-OH is 1. The van der Waals surface area contributed by atoms with Gasteiger partial charge in [0.1, 0.15) is 17.3 Å². The second-order valence-corrected chi connectivity index (χ2v) is 11.1. The average molecular weight is 667 g/mol. The van der Waals surface area contributed by atoms with Gasteiger partial charge < -0.3 is 24.5 Å². The van der Waals surface area contributed by atoms with Crippen LogP contribution < -0.4 is 10.1 Å². The monoisotopic (exact) mass is 666 g/mol. The number of esters is 1. The first-order valence-electron chi connectivity index (χ1n) is 15.0.